The van der Waals surface area contributed by atoms with Crippen molar-refractivity contribution in [2.24, 2.45) is 0 Å². The molecular formula is C20H20O. The zero-order chi connectivity index (χ0) is 14.7. The highest BCUT2D eigenvalue weighted by Crippen LogP contribution is 2.37. The number of fused-ring (bicyclic) bond motifs is 1. The first-order chi connectivity index (χ1) is 10.3. The zero-order valence-electron chi connectivity index (χ0n) is 12.3. The average molecular weight is 276 g/mol. The fraction of sp³-hybridized carbons (Fsp3) is 0.200. The van der Waals surface area contributed by atoms with Gasteiger partial charge in [0.25, 0.3) is 0 Å². The van der Waals surface area contributed by atoms with Crippen LogP contribution in [0.5, 0.6) is 0 Å². The van der Waals surface area contributed by atoms with E-state index >= 15 is 0 Å². The van der Waals surface area contributed by atoms with Crippen LogP contribution < -0.4 is 0 Å². The van der Waals surface area contributed by atoms with Crippen molar-refractivity contribution in [1.82, 2.24) is 0 Å². The summed E-state index contributed by atoms with van der Waals surface area (Å²) in [5, 5.41) is 13.7. The summed E-state index contributed by atoms with van der Waals surface area (Å²) in [5.74, 6) is 0. The SMILES string of the molecule is CCCC(O)(c1ccccc1)c1cccc2ccccc12. The van der Waals surface area contributed by atoms with Gasteiger partial charge in [-0.25, -0.2) is 0 Å². The Kier molecular flexibility index (Phi) is 3.76. The molecule has 106 valence electrons. The van der Waals surface area contributed by atoms with Gasteiger partial charge in [0, 0.05) is 0 Å². The van der Waals surface area contributed by atoms with E-state index in [1.807, 2.05) is 54.6 Å². The molecule has 0 saturated heterocycles. The van der Waals surface area contributed by atoms with Crippen LogP contribution in [0.25, 0.3) is 10.8 Å². The lowest BCUT2D eigenvalue weighted by atomic mass is 9.80. The maximum atomic E-state index is 11.5. The third-order valence-electron chi connectivity index (χ3n) is 4.10. The quantitative estimate of drug-likeness (QED) is 0.720. The van der Waals surface area contributed by atoms with Gasteiger partial charge in [-0.15, -0.1) is 0 Å². The molecule has 0 bridgehead atoms. The number of rotatable bonds is 4. The third-order valence-corrected chi connectivity index (χ3v) is 4.10. The molecule has 1 atom stereocenters. The van der Waals surface area contributed by atoms with Crippen LogP contribution in [-0.2, 0) is 5.60 Å². The summed E-state index contributed by atoms with van der Waals surface area (Å²) in [7, 11) is 0. The highest BCUT2D eigenvalue weighted by atomic mass is 16.3. The van der Waals surface area contributed by atoms with Crippen LogP contribution in [0.3, 0.4) is 0 Å². The van der Waals surface area contributed by atoms with Crippen molar-refractivity contribution in [2.75, 3.05) is 0 Å². The van der Waals surface area contributed by atoms with Gasteiger partial charge >= 0.3 is 0 Å². The molecule has 0 radical (unpaired) electrons. The van der Waals surface area contributed by atoms with Crippen molar-refractivity contribution in [2.45, 2.75) is 25.4 Å². The molecule has 0 amide bonds. The molecule has 1 N–H and O–H groups in total. The molecule has 0 aliphatic rings. The molecule has 3 aromatic carbocycles. The summed E-state index contributed by atoms with van der Waals surface area (Å²) in [4.78, 5) is 0. The van der Waals surface area contributed by atoms with Gasteiger partial charge in [-0.05, 0) is 28.3 Å². The number of benzene rings is 3. The lowest BCUT2D eigenvalue weighted by Crippen LogP contribution is -2.27. The van der Waals surface area contributed by atoms with Crippen molar-refractivity contribution in [3.8, 4) is 0 Å². The minimum atomic E-state index is -0.934. The number of hydrogen-bond donors (Lipinski definition) is 1. The fourth-order valence-corrected chi connectivity index (χ4v) is 3.10. The largest absolute Gasteiger partial charge is 0.380 e. The predicted octanol–water partition coefficient (Wildman–Crippen LogP) is 4.88. The van der Waals surface area contributed by atoms with Crippen LogP contribution in [-0.4, -0.2) is 5.11 Å². The molecule has 0 saturated carbocycles. The molecule has 0 aliphatic carbocycles. The molecule has 3 aromatic rings. The summed E-state index contributed by atoms with van der Waals surface area (Å²) in [6.07, 6.45) is 1.64. The highest BCUT2D eigenvalue weighted by Gasteiger charge is 2.31. The van der Waals surface area contributed by atoms with E-state index < -0.39 is 5.60 Å². The summed E-state index contributed by atoms with van der Waals surface area (Å²) >= 11 is 0. The first-order valence-corrected chi connectivity index (χ1v) is 7.52. The van der Waals surface area contributed by atoms with Crippen molar-refractivity contribution >= 4 is 10.8 Å². The van der Waals surface area contributed by atoms with E-state index in [0.29, 0.717) is 6.42 Å². The van der Waals surface area contributed by atoms with E-state index in [2.05, 4.69) is 25.1 Å². The standard InChI is InChI=1S/C20H20O/c1-2-15-20(21,17-11-4-3-5-12-17)19-14-8-10-16-9-6-7-13-18(16)19/h3-14,21H,2,15H2,1H3. The Bertz CT molecular complexity index is 728. The molecule has 1 heteroatoms. The van der Waals surface area contributed by atoms with Crippen LogP contribution in [0.15, 0.2) is 72.8 Å². The predicted molar refractivity (Wildman–Crippen MR) is 88.3 cm³/mol. The Labute approximate surface area is 125 Å². The van der Waals surface area contributed by atoms with Crippen LogP contribution >= 0.6 is 0 Å². The Morgan fingerprint density at radius 1 is 0.810 bits per heavy atom. The normalized spacial score (nSPS) is 14.0. The lowest BCUT2D eigenvalue weighted by Gasteiger charge is -2.30. The molecule has 0 spiro atoms. The van der Waals surface area contributed by atoms with Crippen LogP contribution in [0.1, 0.15) is 30.9 Å². The average Bonchev–Trinajstić information content (AvgIpc) is 2.55. The van der Waals surface area contributed by atoms with Crippen molar-refractivity contribution in [3.05, 3.63) is 83.9 Å². The Morgan fingerprint density at radius 2 is 1.48 bits per heavy atom. The molecule has 1 unspecified atom stereocenters. The second-order valence-electron chi connectivity index (χ2n) is 5.50. The van der Waals surface area contributed by atoms with Crippen molar-refractivity contribution in [3.63, 3.8) is 0 Å². The van der Waals surface area contributed by atoms with Gasteiger partial charge in [-0.3, -0.25) is 0 Å². The van der Waals surface area contributed by atoms with E-state index in [1.165, 1.54) is 5.39 Å². The second kappa shape index (κ2) is 5.71. The third kappa shape index (κ3) is 2.45. The number of hydrogen-bond acceptors (Lipinski definition) is 1. The fourth-order valence-electron chi connectivity index (χ4n) is 3.10. The van der Waals surface area contributed by atoms with Gasteiger partial charge < -0.3 is 5.11 Å². The molecule has 3 rings (SSSR count). The summed E-state index contributed by atoms with van der Waals surface area (Å²) in [6, 6.07) is 24.4. The summed E-state index contributed by atoms with van der Waals surface area (Å²) < 4.78 is 0. The maximum Gasteiger partial charge on any atom is 0.115 e. The highest BCUT2D eigenvalue weighted by molar-refractivity contribution is 5.86. The van der Waals surface area contributed by atoms with Gasteiger partial charge in [0.2, 0.25) is 0 Å². The molecular weight excluding hydrogens is 256 g/mol. The first kappa shape index (κ1) is 13.8. The lowest BCUT2D eigenvalue weighted by molar-refractivity contribution is 0.0717. The van der Waals surface area contributed by atoms with Gasteiger partial charge in [-0.1, -0.05) is 86.1 Å². The smallest absolute Gasteiger partial charge is 0.115 e. The molecule has 0 aromatic heterocycles. The number of aliphatic hydroxyl groups is 1. The van der Waals surface area contributed by atoms with E-state index in [0.717, 1.165) is 22.9 Å². The minimum Gasteiger partial charge on any atom is -0.380 e. The summed E-state index contributed by atoms with van der Waals surface area (Å²) in [6.45, 7) is 2.11. The first-order valence-electron chi connectivity index (χ1n) is 7.52. The minimum absolute atomic E-state index is 0.713. The Balaban J connectivity index is 2.25. The molecule has 0 fully saturated rings. The second-order valence-corrected chi connectivity index (χ2v) is 5.50. The molecule has 0 heterocycles. The molecule has 1 nitrogen and oxygen atoms in total. The Hall–Kier alpha value is -2.12. The van der Waals surface area contributed by atoms with E-state index in [9.17, 15) is 5.11 Å². The van der Waals surface area contributed by atoms with E-state index in [-0.39, 0.29) is 0 Å². The van der Waals surface area contributed by atoms with Gasteiger partial charge in [0.15, 0.2) is 0 Å². The molecule has 0 aliphatic heterocycles. The van der Waals surface area contributed by atoms with Gasteiger partial charge in [0.1, 0.15) is 5.60 Å². The van der Waals surface area contributed by atoms with Crippen molar-refractivity contribution < 1.29 is 5.11 Å². The monoisotopic (exact) mass is 276 g/mol. The van der Waals surface area contributed by atoms with Crippen LogP contribution in [0.2, 0.25) is 0 Å². The van der Waals surface area contributed by atoms with Crippen molar-refractivity contribution in [1.29, 1.82) is 0 Å². The molecule has 21 heavy (non-hydrogen) atoms. The van der Waals surface area contributed by atoms with Crippen LogP contribution in [0.4, 0.5) is 0 Å². The van der Waals surface area contributed by atoms with E-state index in [1.54, 1.807) is 0 Å². The zero-order valence-corrected chi connectivity index (χ0v) is 12.3. The summed E-state index contributed by atoms with van der Waals surface area (Å²) in [5.41, 5.74) is 1.02. The van der Waals surface area contributed by atoms with Gasteiger partial charge in [-0.2, -0.15) is 0 Å². The maximum absolute atomic E-state index is 11.5. The van der Waals surface area contributed by atoms with E-state index in [4.69, 9.17) is 0 Å². The Morgan fingerprint density at radius 3 is 2.24 bits per heavy atom. The van der Waals surface area contributed by atoms with Gasteiger partial charge in [0.05, 0.1) is 0 Å². The topological polar surface area (TPSA) is 20.2 Å². The van der Waals surface area contributed by atoms with Crippen LogP contribution in [0, 0.1) is 0 Å².